The zero-order valence-electron chi connectivity index (χ0n) is 11.9. The van der Waals surface area contributed by atoms with E-state index in [0.717, 1.165) is 10.9 Å². The molecule has 2 aromatic carbocycles. The first-order valence-corrected chi connectivity index (χ1v) is 10.4. The Labute approximate surface area is 125 Å². The Bertz CT molecular complexity index is 620. The van der Waals surface area contributed by atoms with Crippen molar-refractivity contribution < 1.29 is 4.79 Å². The normalized spacial score (nSPS) is 11.2. The van der Waals surface area contributed by atoms with Crippen molar-refractivity contribution in [1.82, 2.24) is 0 Å². The van der Waals surface area contributed by atoms with Crippen LogP contribution in [-0.4, -0.2) is 14.0 Å². The molecule has 0 fully saturated rings. The van der Waals surface area contributed by atoms with Crippen LogP contribution in [0.4, 0.5) is 5.69 Å². The molecule has 1 N–H and O–H groups in total. The topological polar surface area (TPSA) is 29.1 Å². The van der Waals surface area contributed by atoms with Crippen molar-refractivity contribution in [1.29, 1.82) is 0 Å². The molecule has 0 unspecified atom stereocenters. The Morgan fingerprint density at radius 2 is 1.65 bits per heavy atom. The maximum absolute atomic E-state index is 12.5. The first kappa shape index (κ1) is 14.8. The second kappa shape index (κ2) is 5.81. The van der Waals surface area contributed by atoms with E-state index in [0.29, 0.717) is 10.6 Å². The number of amides is 1. The molecule has 104 valence electrons. The van der Waals surface area contributed by atoms with Crippen molar-refractivity contribution in [3.63, 3.8) is 0 Å². The third-order valence-electron chi connectivity index (χ3n) is 3.04. The molecule has 20 heavy (non-hydrogen) atoms. The average molecular weight is 304 g/mol. The van der Waals surface area contributed by atoms with Crippen LogP contribution in [0.15, 0.2) is 48.5 Å². The number of anilines is 1. The number of hydrogen-bond donors (Lipinski definition) is 1. The van der Waals surface area contributed by atoms with Crippen LogP contribution in [0.3, 0.4) is 0 Å². The standard InChI is InChI=1S/C16H18ClNOSi/c1-20(2,3)15-13(10-7-11-14(15)17)16(19)18-12-8-5-4-6-9-12/h4-11H,1-3H3,(H,18,19). The maximum Gasteiger partial charge on any atom is 0.255 e. The molecule has 0 aromatic heterocycles. The number of hydrogen-bond acceptors (Lipinski definition) is 1. The molecule has 0 atom stereocenters. The van der Waals surface area contributed by atoms with Crippen molar-refractivity contribution in [2.45, 2.75) is 19.6 Å². The van der Waals surface area contributed by atoms with Gasteiger partial charge in [0.15, 0.2) is 0 Å². The summed E-state index contributed by atoms with van der Waals surface area (Å²) in [7, 11) is -1.70. The summed E-state index contributed by atoms with van der Waals surface area (Å²) in [5, 5.41) is 4.62. The minimum absolute atomic E-state index is 0.101. The van der Waals surface area contributed by atoms with E-state index in [-0.39, 0.29) is 5.91 Å². The highest BCUT2D eigenvalue weighted by molar-refractivity contribution is 6.91. The second-order valence-electron chi connectivity index (χ2n) is 5.73. The first-order chi connectivity index (χ1) is 9.39. The summed E-state index contributed by atoms with van der Waals surface area (Å²) in [6.07, 6.45) is 0. The molecule has 0 spiro atoms. The molecule has 0 aliphatic rings. The van der Waals surface area contributed by atoms with Crippen molar-refractivity contribution in [3.05, 3.63) is 59.1 Å². The van der Waals surface area contributed by atoms with Gasteiger partial charge in [0, 0.05) is 16.3 Å². The Hall–Kier alpha value is -1.58. The fourth-order valence-corrected chi connectivity index (χ4v) is 5.03. The zero-order valence-corrected chi connectivity index (χ0v) is 13.7. The van der Waals surface area contributed by atoms with Crippen LogP contribution in [-0.2, 0) is 0 Å². The van der Waals surface area contributed by atoms with Crippen LogP contribution in [0.1, 0.15) is 10.4 Å². The van der Waals surface area contributed by atoms with Gasteiger partial charge in [-0.15, -0.1) is 0 Å². The molecular weight excluding hydrogens is 286 g/mol. The van der Waals surface area contributed by atoms with Gasteiger partial charge in [0.1, 0.15) is 0 Å². The average Bonchev–Trinajstić information content (AvgIpc) is 2.38. The van der Waals surface area contributed by atoms with Gasteiger partial charge in [-0.25, -0.2) is 0 Å². The number of benzene rings is 2. The minimum atomic E-state index is -1.70. The molecule has 0 aliphatic carbocycles. The number of carbonyl (C=O) groups is 1. The van der Waals surface area contributed by atoms with Crippen LogP contribution >= 0.6 is 11.6 Å². The van der Waals surface area contributed by atoms with Gasteiger partial charge in [-0.1, -0.05) is 55.5 Å². The van der Waals surface area contributed by atoms with E-state index in [2.05, 4.69) is 25.0 Å². The smallest absolute Gasteiger partial charge is 0.255 e. The molecule has 0 aliphatic heterocycles. The van der Waals surface area contributed by atoms with E-state index in [1.165, 1.54) is 0 Å². The van der Waals surface area contributed by atoms with Gasteiger partial charge in [-0.05, 0) is 29.5 Å². The Balaban J connectivity index is 2.38. The lowest BCUT2D eigenvalue weighted by molar-refractivity contribution is 0.102. The van der Waals surface area contributed by atoms with Gasteiger partial charge in [0.05, 0.1) is 8.07 Å². The molecule has 0 heterocycles. The van der Waals surface area contributed by atoms with Crippen LogP contribution in [0.25, 0.3) is 0 Å². The highest BCUT2D eigenvalue weighted by atomic mass is 35.5. The summed E-state index contributed by atoms with van der Waals surface area (Å²) in [6.45, 7) is 6.56. The minimum Gasteiger partial charge on any atom is -0.322 e. The Kier molecular flexibility index (Phi) is 4.31. The molecule has 0 saturated heterocycles. The van der Waals surface area contributed by atoms with E-state index in [1.54, 1.807) is 0 Å². The molecule has 0 saturated carbocycles. The van der Waals surface area contributed by atoms with Crippen LogP contribution < -0.4 is 10.5 Å². The summed E-state index contributed by atoms with van der Waals surface area (Å²) < 4.78 is 0. The van der Waals surface area contributed by atoms with E-state index >= 15 is 0 Å². The lowest BCUT2D eigenvalue weighted by atomic mass is 10.2. The molecular formula is C16H18ClNOSi. The summed E-state index contributed by atoms with van der Waals surface area (Å²) in [5.74, 6) is -0.101. The van der Waals surface area contributed by atoms with Gasteiger partial charge in [-0.3, -0.25) is 4.79 Å². The zero-order chi connectivity index (χ0) is 14.8. The van der Waals surface area contributed by atoms with Crippen molar-refractivity contribution in [2.75, 3.05) is 5.32 Å². The number of halogens is 1. The third kappa shape index (κ3) is 3.29. The van der Waals surface area contributed by atoms with Gasteiger partial charge in [-0.2, -0.15) is 0 Å². The van der Waals surface area contributed by atoms with Crippen LogP contribution in [0, 0.1) is 0 Å². The van der Waals surface area contributed by atoms with E-state index in [9.17, 15) is 4.79 Å². The molecule has 0 bridgehead atoms. The van der Waals surface area contributed by atoms with Crippen molar-refractivity contribution in [2.24, 2.45) is 0 Å². The SMILES string of the molecule is C[Si](C)(C)c1c(Cl)cccc1C(=O)Nc1ccccc1. The summed E-state index contributed by atoms with van der Waals surface area (Å²) in [6, 6.07) is 15.0. The summed E-state index contributed by atoms with van der Waals surface area (Å²) in [5.41, 5.74) is 1.47. The third-order valence-corrected chi connectivity index (χ3v) is 5.55. The van der Waals surface area contributed by atoms with Gasteiger partial charge < -0.3 is 5.32 Å². The van der Waals surface area contributed by atoms with E-state index in [1.807, 2.05) is 48.5 Å². The quantitative estimate of drug-likeness (QED) is 0.848. The highest BCUT2D eigenvalue weighted by Crippen LogP contribution is 2.17. The number of nitrogens with one attached hydrogen (secondary N) is 1. The predicted octanol–water partition coefficient (Wildman–Crippen LogP) is 4.14. The van der Waals surface area contributed by atoms with E-state index in [4.69, 9.17) is 11.6 Å². The fourth-order valence-electron chi connectivity index (χ4n) is 2.20. The molecule has 2 aromatic rings. The first-order valence-electron chi connectivity index (χ1n) is 6.55. The van der Waals surface area contributed by atoms with Gasteiger partial charge in [0.2, 0.25) is 0 Å². The molecule has 2 rings (SSSR count). The van der Waals surface area contributed by atoms with Crippen LogP contribution in [0.5, 0.6) is 0 Å². The van der Waals surface area contributed by atoms with Crippen LogP contribution in [0.2, 0.25) is 24.7 Å². The van der Waals surface area contributed by atoms with Crippen molar-refractivity contribution in [3.8, 4) is 0 Å². The lowest BCUT2D eigenvalue weighted by Gasteiger charge is -2.22. The van der Waals surface area contributed by atoms with Gasteiger partial charge in [0.25, 0.3) is 5.91 Å². The molecule has 1 amide bonds. The monoisotopic (exact) mass is 303 g/mol. The maximum atomic E-state index is 12.5. The second-order valence-corrected chi connectivity index (χ2v) is 11.1. The molecule has 2 nitrogen and oxygen atoms in total. The highest BCUT2D eigenvalue weighted by Gasteiger charge is 2.26. The number of rotatable bonds is 3. The fraction of sp³-hybridized carbons (Fsp3) is 0.188. The summed E-state index contributed by atoms with van der Waals surface area (Å²) in [4.78, 5) is 12.5. The Morgan fingerprint density at radius 3 is 2.25 bits per heavy atom. The number of carbonyl (C=O) groups excluding carboxylic acids is 1. The number of para-hydroxylation sites is 1. The van der Waals surface area contributed by atoms with E-state index < -0.39 is 8.07 Å². The largest absolute Gasteiger partial charge is 0.322 e. The lowest BCUT2D eigenvalue weighted by Crippen LogP contribution is -2.43. The molecule has 0 radical (unpaired) electrons. The van der Waals surface area contributed by atoms with Crippen molar-refractivity contribution >= 4 is 36.5 Å². The summed E-state index contributed by atoms with van der Waals surface area (Å²) >= 11 is 6.32. The Morgan fingerprint density at radius 1 is 1.00 bits per heavy atom. The molecule has 4 heteroatoms. The van der Waals surface area contributed by atoms with Gasteiger partial charge >= 0.3 is 0 Å². The predicted molar refractivity (Wildman–Crippen MR) is 88.8 cm³/mol.